The first-order chi connectivity index (χ1) is 9.76. The molecule has 1 N–H and O–H groups in total. The zero-order chi connectivity index (χ0) is 15.6. The summed E-state index contributed by atoms with van der Waals surface area (Å²) in [7, 11) is 0. The minimum atomic E-state index is -0.453. The molecule has 0 spiro atoms. The molecule has 0 radical (unpaired) electrons. The number of carbonyl (C=O) groups excluding carboxylic acids is 1. The van der Waals surface area contributed by atoms with E-state index in [-0.39, 0.29) is 18.2 Å². The second kappa shape index (κ2) is 6.05. The lowest BCUT2D eigenvalue weighted by molar-refractivity contribution is -0.0121. The van der Waals surface area contributed by atoms with Crippen LogP contribution in [0.15, 0.2) is 12.4 Å². The fraction of sp³-hybridized carbons (Fsp3) is 0.733. The molecule has 1 aromatic heterocycles. The number of piperazine rings is 1. The van der Waals surface area contributed by atoms with E-state index >= 15 is 0 Å². The summed E-state index contributed by atoms with van der Waals surface area (Å²) in [5.41, 5.74) is -0.453. The fourth-order valence-electron chi connectivity index (χ4n) is 2.57. The number of aromatic amines is 1. The van der Waals surface area contributed by atoms with Crippen LogP contribution in [0, 0.1) is 0 Å². The molecule has 0 unspecified atom stereocenters. The molecule has 1 saturated heterocycles. The topological polar surface area (TPSA) is 61.5 Å². The quantitative estimate of drug-likeness (QED) is 0.908. The standard InChI is InChI=1S/C15H26N4O2/c1-11-9-19(14(20)21-15(3,4)5)12(2)8-18(11)10-13-16-6-7-17-13/h6-7,11-12H,8-10H2,1-5H3,(H,16,17)/t11-,12+/m1/s1. The van der Waals surface area contributed by atoms with E-state index in [1.54, 1.807) is 6.20 Å². The summed E-state index contributed by atoms with van der Waals surface area (Å²) in [6, 6.07) is 0.407. The van der Waals surface area contributed by atoms with Gasteiger partial charge in [-0.3, -0.25) is 4.90 Å². The van der Waals surface area contributed by atoms with Gasteiger partial charge in [-0.1, -0.05) is 0 Å². The Hall–Kier alpha value is -1.56. The molecular formula is C15H26N4O2. The molecule has 0 saturated carbocycles. The summed E-state index contributed by atoms with van der Waals surface area (Å²) in [5.74, 6) is 0.958. The maximum atomic E-state index is 12.3. The number of rotatable bonds is 2. The molecule has 6 heteroatoms. The number of nitrogens with zero attached hydrogens (tertiary/aromatic N) is 3. The van der Waals surface area contributed by atoms with Crippen molar-refractivity contribution < 1.29 is 9.53 Å². The van der Waals surface area contributed by atoms with Crippen LogP contribution in [0.2, 0.25) is 0 Å². The third-order valence-electron chi connectivity index (χ3n) is 3.65. The van der Waals surface area contributed by atoms with Gasteiger partial charge in [-0.15, -0.1) is 0 Å². The van der Waals surface area contributed by atoms with Gasteiger partial charge in [0, 0.05) is 37.6 Å². The molecule has 6 nitrogen and oxygen atoms in total. The Kier molecular flexibility index (Phi) is 4.56. The van der Waals surface area contributed by atoms with Crippen molar-refractivity contribution in [2.45, 2.75) is 58.8 Å². The molecule has 1 amide bonds. The van der Waals surface area contributed by atoms with Gasteiger partial charge in [0.2, 0.25) is 0 Å². The Morgan fingerprint density at radius 2 is 2.10 bits per heavy atom. The van der Waals surface area contributed by atoms with Crippen LogP contribution in [0.1, 0.15) is 40.4 Å². The lowest BCUT2D eigenvalue weighted by Gasteiger charge is -2.43. The normalized spacial score (nSPS) is 24.1. The molecule has 1 aromatic rings. The predicted molar refractivity (Wildman–Crippen MR) is 80.9 cm³/mol. The van der Waals surface area contributed by atoms with Gasteiger partial charge in [0.15, 0.2) is 0 Å². The third kappa shape index (κ3) is 4.20. The van der Waals surface area contributed by atoms with Gasteiger partial charge in [0.25, 0.3) is 0 Å². The Labute approximate surface area is 126 Å². The maximum absolute atomic E-state index is 12.3. The van der Waals surface area contributed by atoms with E-state index in [0.29, 0.717) is 6.54 Å². The summed E-state index contributed by atoms with van der Waals surface area (Å²) < 4.78 is 5.49. The Morgan fingerprint density at radius 3 is 2.67 bits per heavy atom. The van der Waals surface area contributed by atoms with E-state index in [1.807, 2.05) is 31.9 Å². The van der Waals surface area contributed by atoms with E-state index in [0.717, 1.165) is 18.9 Å². The Balaban J connectivity index is 1.96. The van der Waals surface area contributed by atoms with Crippen molar-refractivity contribution >= 4 is 6.09 Å². The van der Waals surface area contributed by atoms with Gasteiger partial charge in [0.1, 0.15) is 11.4 Å². The first-order valence-corrected chi connectivity index (χ1v) is 7.48. The second-order valence-corrected chi connectivity index (χ2v) is 6.80. The van der Waals surface area contributed by atoms with E-state index in [9.17, 15) is 4.79 Å². The average Bonchev–Trinajstić information content (AvgIpc) is 2.84. The Bertz CT molecular complexity index is 467. The molecule has 1 aliphatic heterocycles. The molecule has 21 heavy (non-hydrogen) atoms. The van der Waals surface area contributed by atoms with Crippen LogP contribution in [0.25, 0.3) is 0 Å². The molecule has 118 valence electrons. The highest BCUT2D eigenvalue weighted by Gasteiger charge is 2.34. The highest BCUT2D eigenvalue weighted by molar-refractivity contribution is 5.68. The number of hydrogen-bond acceptors (Lipinski definition) is 4. The molecule has 0 bridgehead atoms. The molecule has 0 aliphatic carbocycles. The summed E-state index contributed by atoms with van der Waals surface area (Å²) in [5, 5.41) is 0. The van der Waals surface area contributed by atoms with Gasteiger partial charge in [0.05, 0.1) is 6.54 Å². The third-order valence-corrected chi connectivity index (χ3v) is 3.65. The molecule has 2 atom stereocenters. The number of ether oxygens (including phenoxy) is 1. The number of aromatic nitrogens is 2. The molecule has 0 aromatic carbocycles. The average molecular weight is 294 g/mol. The van der Waals surface area contributed by atoms with Gasteiger partial charge in [-0.25, -0.2) is 9.78 Å². The van der Waals surface area contributed by atoms with Crippen molar-refractivity contribution in [3.05, 3.63) is 18.2 Å². The van der Waals surface area contributed by atoms with Crippen molar-refractivity contribution in [1.82, 2.24) is 19.8 Å². The monoisotopic (exact) mass is 294 g/mol. The number of carbonyl (C=O) groups is 1. The molecule has 2 rings (SSSR count). The number of amides is 1. The zero-order valence-corrected chi connectivity index (χ0v) is 13.6. The minimum absolute atomic E-state index is 0.131. The van der Waals surface area contributed by atoms with Crippen LogP contribution in [-0.2, 0) is 11.3 Å². The van der Waals surface area contributed by atoms with E-state index in [4.69, 9.17) is 4.74 Å². The predicted octanol–water partition coefficient (Wildman–Crippen LogP) is 2.24. The van der Waals surface area contributed by atoms with Crippen LogP contribution >= 0.6 is 0 Å². The highest BCUT2D eigenvalue weighted by Crippen LogP contribution is 2.20. The van der Waals surface area contributed by atoms with Crippen molar-refractivity contribution in [2.24, 2.45) is 0 Å². The summed E-state index contributed by atoms with van der Waals surface area (Å²) in [4.78, 5) is 23.8. The van der Waals surface area contributed by atoms with Crippen LogP contribution in [0.4, 0.5) is 4.79 Å². The molecule has 2 heterocycles. The van der Waals surface area contributed by atoms with E-state index in [2.05, 4.69) is 28.7 Å². The van der Waals surface area contributed by atoms with Gasteiger partial charge in [-0.2, -0.15) is 0 Å². The lowest BCUT2D eigenvalue weighted by atomic mass is 10.1. The van der Waals surface area contributed by atoms with Crippen LogP contribution in [0.5, 0.6) is 0 Å². The van der Waals surface area contributed by atoms with Crippen molar-refractivity contribution in [3.8, 4) is 0 Å². The van der Waals surface area contributed by atoms with Gasteiger partial charge < -0.3 is 14.6 Å². The van der Waals surface area contributed by atoms with Crippen molar-refractivity contribution in [3.63, 3.8) is 0 Å². The number of H-pyrrole nitrogens is 1. The number of imidazole rings is 1. The SMILES string of the molecule is C[C@@H]1CN(C(=O)OC(C)(C)C)[C@@H](C)CN1Cc1ncc[nH]1. The fourth-order valence-corrected chi connectivity index (χ4v) is 2.57. The molecular weight excluding hydrogens is 268 g/mol. The molecule has 1 fully saturated rings. The minimum Gasteiger partial charge on any atom is -0.444 e. The first kappa shape index (κ1) is 15.8. The van der Waals surface area contributed by atoms with E-state index in [1.165, 1.54) is 0 Å². The Morgan fingerprint density at radius 1 is 1.38 bits per heavy atom. The summed E-state index contributed by atoms with van der Waals surface area (Å²) >= 11 is 0. The number of hydrogen-bond donors (Lipinski definition) is 1. The zero-order valence-electron chi connectivity index (χ0n) is 13.6. The largest absolute Gasteiger partial charge is 0.444 e. The van der Waals surface area contributed by atoms with Gasteiger partial charge >= 0.3 is 6.09 Å². The number of nitrogens with one attached hydrogen (secondary N) is 1. The van der Waals surface area contributed by atoms with E-state index < -0.39 is 5.60 Å². The van der Waals surface area contributed by atoms with Crippen LogP contribution in [0.3, 0.4) is 0 Å². The van der Waals surface area contributed by atoms with Gasteiger partial charge in [-0.05, 0) is 34.6 Å². The maximum Gasteiger partial charge on any atom is 0.410 e. The smallest absolute Gasteiger partial charge is 0.410 e. The molecule has 1 aliphatic rings. The second-order valence-electron chi connectivity index (χ2n) is 6.80. The first-order valence-electron chi connectivity index (χ1n) is 7.48. The summed E-state index contributed by atoms with van der Waals surface area (Å²) in [6.07, 6.45) is 3.38. The lowest BCUT2D eigenvalue weighted by Crippen LogP contribution is -2.58. The van der Waals surface area contributed by atoms with Crippen LogP contribution < -0.4 is 0 Å². The van der Waals surface area contributed by atoms with Crippen molar-refractivity contribution in [2.75, 3.05) is 13.1 Å². The summed E-state index contributed by atoms with van der Waals surface area (Å²) in [6.45, 7) is 12.2. The highest BCUT2D eigenvalue weighted by atomic mass is 16.6. The van der Waals surface area contributed by atoms with Crippen molar-refractivity contribution in [1.29, 1.82) is 0 Å². The van der Waals surface area contributed by atoms with Crippen LogP contribution in [-0.4, -0.2) is 56.6 Å².